The van der Waals surface area contributed by atoms with E-state index in [1.165, 1.54) is 32.7 Å². The Kier molecular flexibility index (Phi) is 3.02. The van der Waals surface area contributed by atoms with E-state index >= 15 is 0 Å². The van der Waals surface area contributed by atoms with Crippen molar-refractivity contribution in [3.63, 3.8) is 0 Å². The summed E-state index contributed by atoms with van der Waals surface area (Å²) in [5.74, 6) is 0. The largest absolute Gasteiger partial charge is 0.456 e. The molecule has 1 heterocycles. The van der Waals surface area contributed by atoms with E-state index in [-0.39, 0.29) is 5.41 Å². The van der Waals surface area contributed by atoms with Crippen LogP contribution in [0.5, 0.6) is 0 Å². The van der Waals surface area contributed by atoms with Crippen LogP contribution in [0.1, 0.15) is 38.8 Å². The van der Waals surface area contributed by atoms with Crippen LogP contribution in [-0.4, -0.2) is 0 Å². The van der Waals surface area contributed by atoms with Crippen molar-refractivity contribution in [2.45, 2.75) is 39.5 Å². The highest BCUT2D eigenvalue weighted by molar-refractivity contribution is 6.10. The van der Waals surface area contributed by atoms with E-state index in [0.717, 1.165) is 17.6 Å². The lowest BCUT2D eigenvalue weighted by Crippen LogP contribution is -2.10. The van der Waals surface area contributed by atoms with E-state index in [9.17, 15) is 0 Å². The molecule has 1 aromatic heterocycles. The molecule has 4 rings (SSSR count). The van der Waals surface area contributed by atoms with Crippen molar-refractivity contribution in [1.29, 1.82) is 0 Å². The Hall–Kier alpha value is -2.28. The summed E-state index contributed by atoms with van der Waals surface area (Å²) in [6, 6.07) is 17.8. The molecule has 0 amide bonds. The van der Waals surface area contributed by atoms with Crippen molar-refractivity contribution >= 4 is 32.7 Å². The van der Waals surface area contributed by atoms with Crippen LogP contribution in [-0.2, 0) is 11.8 Å². The third kappa shape index (κ3) is 2.31. The highest BCUT2D eigenvalue weighted by Gasteiger charge is 2.15. The van der Waals surface area contributed by atoms with Gasteiger partial charge in [0.05, 0.1) is 0 Å². The SMILES string of the molecule is CCc1ccc2c(c1)oc1cc3cc(C(C)(C)C)ccc3cc12. The Morgan fingerprint density at radius 1 is 0.783 bits per heavy atom. The first-order chi connectivity index (χ1) is 11.0. The smallest absolute Gasteiger partial charge is 0.136 e. The van der Waals surface area contributed by atoms with E-state index in [1.54, 1.807) is 0 Å². The van der Waals surface area contributed by atoms with Gasteiger partial charge in [-0.2, -0.15) is 0 Å². The summed E-state index contributed by atoms with van der Waals surface area (Å²) in [4.78, 5) is 0. The van der Waals surface area contributed by atoms with E-state index in [0.29, 0.717) is 0 Å². The molecule has 116 valence electrons. The molecular weight excluding hydrogens is 280 g/mol. The lowest BCUT2D eigenvalue weighted by atomic mass is 9.86. The van der Waals surface area contributed by atoms with Crippen LogP contribution in [0.3, 0.4) is 0 Å². The van der Waals surface area contributed by atoms with Crippen LogP contribution in [0.15, 0.2) is 52.9 Å². The highest BCUT2D eigenvalue weighted by Crippen LogP contribution is 2.34. The second-order valence-corrected chi connectivity index (χ2v) is 7.45. The number of benzene rings is 3. The first-order valence-electron chi connectivity index (χ1n) is 8.35. The van der Waals surface area contributed by atoms with Crippen molar-refractivity contribution in [2.75, 3.05) is 0 Å². The fraction of sp³-hybridized carbons (Fsp3) is 0.273. The molecule has 0 saturated heterocycles. The Balaban J connectivity index is 2.01. The quantitative estimate of drug-likeness (QED) is 0.386. The van der Waals surface area contributed by atoms with Gasteiger partial charge in [-0.05, 0) is 51.9 Å². The maximum Gasteiger partial charge on any atom is 0.136 e. The van der Waals surface area contributed by atoms with Crippen LogP contribution in [0.25, 0.3) is 32.7 Å². The predicted octanol–water partition coefficient (Wildman–Crippen LogP) is 6.60. The first kappa shape index (κ1) is 14.3. The Labute approximate surface area is 136 Å². The summed E-state index contributed by atoms with van der Waals surface area (Å²) >= 11 is 0. The fourth-order valence-corrected chi connectivity index (χ4v) is 3.25. The van der Waals surface area contributed by atoms with Crippen molar-refractivity contribution in [3.8, 4) is 0 Å². The average molecular weight is 302 g/mol. The molecular formula is C22H22O. The summed E-state index contributed by atoms with van der Waals surface area (Å²) < 4.78 is 6.13. The zero-order valence-corrected chi connectivity index (χ0v) is 14.2. The first-order valence-corrected chi connectivity index (χ1v) is 8.35. The summed E-state index contributed by atoms with van der Waals surface area (Å²) in [5.41, 5.74) is 4.80. The number of hydrogen-bond donors (Lipinski definition) is 0. The van der Waals surface area contributed by atoms with E-state index in [1.807, 2.05) is 0 Å². The normalized spacial score (nSPS) is 12.5. The molecule has 3 aromatic carbocycles. The molecule has 0 saturated carbocycles. The third-order valence-electron chi connectivity index (χ3n) is 4.77. The maximum atomic E-state index is 6.13. The van der Waals surface area contributed by atoms with Crippen LogP contribution < -0.4 is 0 Å². The predicted molar refractivity (Wildman–Crippen MR) is 99.3 cm³/mol. The number of hydrogen-bond acceptors (Lipinski definition) is 1. The van der Waals surface area contributed by atoms with Gasteiger partial charge in [-0.1, -0.05) is 58.0 Å². The fourth-order valence-electron chi connectivity index (χ4n) is 3.25. The number of furan rings is 1. The van der Waals surface area contributed by atoms with Crippen LogP contribution in [0, 0.1) is 0 Å². The van der Waals surface area contributed by atoms with Gasteiger partial charge < -0.3 is 4.42 Å². The van der Waals surface area contributed by atoms with Gasteiger partial charge in [0.25, 0.3) is 0 Å². The van der Waals surface area contributed by atoms with Crippen molar-refractivity contribution in [2.24, 2.45) is 0 Å². The Morgan fingerprint density at radius 2 is 1.57 bits per heavy atom. The van der Waals surface area contributed by atoms with Crippen LogP contribution in [0.4, 0.5) is 0 Å². The number of rotatable bonds is 1. The minimum atomic E-state index is 0.160. The minimum Gasteiger partial charge on any atom is -0.456 e. The Morgan fingerprint density at radius 3 is 2.30 bits per heavy atom. The van der Waals surface area contributed by atoms with Crippen LogP contribution in [0.2, 0.25) is 0 Å². The summed E-state index contributed by atoms with van der Waals surface area (Å²) in [7, 11) is 0. The standard InChI is InChI=1S/C22H22O/c1-5-14-6-9-18-19-12-15-7-8-17(22(2,3)4)11-16(15)13-21(19)23-20(18)10-14/h6-13H,5H2,1-4H3. The molecule has 0 fully saturated rings. The number of fused-ring (bicyclic) bond motifs is 4. The average Bonchev–Trinajstić information content (AvgIpc) is 2.87. The van der Waals surface area contributed by atoms with Gasteiger partial charge in [0.1, 0.15) is 11.2 Å². The van der Waals surface area contributed by atoms with E-state index in [4.69, 9.17) is 4.42 Å². The van der Waals surface area contributed by atoms with Gasteiger partial charge in [-0.25, -0.2) is 0 Å². The zero-order valence-electron chi connectivity index (χ0n) is 14.2. The summed E-state index contributed by atoms with van der Waals surface area (Å²) in [5, 5.41) is 4.94. The van der Waals surface area contributed by atoms with Gasteiger partial charge in [0.2, 0.25) is 0 Å². The van der Waals surface area contributed by atoms with Gasteiger partial charge in [-0.15, -0.1) is 0 Å². The molecule has 0 spiro atoms. The van der Waals surface area contributed by atoms with Crippen LogP contribution >= 0.6 is 0 Å². The topological polar surface area (TPSA) is 13.1 Å². The van der Waals surface area contributed by atoms with Crippen molar-refractivity contribution in [3.05, 3.63) is 59.7 Å². The van der Waals surface area contributed by atoms with Gasteiger partial charge >= 0.3 is 0 Å². The second kappa shape index (κ2) is 4.86. The summed E-state index contributed by atoms with van der Waals surface area (Å²) in [6.45, 7) is 8.92. The van der Waals surface area contributed by atoms with Gasteiger partial charge in [0.15, 0.2) is 0 Å². The Bertz CT molecular complexity index is 1030. The van der Waals surface area contributed by atoms with E-state index in [2.05, 4.69) is 76.2 Å². The molecule has 0 aliphatic carbocycles. The lowest BCUT2D eigenvalue weighted by molar-refractivity contribution is 0.591. The monoisotopic (exact) mass is 302 g/mol. The molecule has 0 N–H and O–H groups in total. The van der Waals surface area contributed by atoms with E-state index < -0.39 is 0 Å². The minimum absolute atomic E-state index is 0.160. The molecule has 0 aliphatic heterocycles. The molecule has 0 bridgehead atoms. The second-order valence-electron chi connectivity index (χ2n) is 7.45. The molecule has 0 atom stereocenters. The van der Waals surface area contributed by atoms with Gasteiger partial charge in [-0.3, -0.25) is 0 Å². The molecule has 1 nitrogen and oxygen atoms in total. The highest BCUT2D eigenvalue weighted by atomic mass is 16.3. The van der Waals surface area contributed by atoms with Gasteiger partial charge in [0, 0.05) is 10.8 Å². The third-order valence-corrected chi connectivity index (χ3v) is 4.77. The molecule has 0 aliphatic rings. The molecule has 0 unspecified atom stereocenters. The molecule has 1 heteroatoms. The lowest BCUT2D eigenvalue weighted by Gasteiger charge is -2.19. The zero-order chi connectivity index (χ0) is 16.2. The van der Waals surface area contributed by atoms with Crippen molar-refractivity contribution < 1.29 is 4.42 Å². The number of aryl methyl sites for hydroxylation is 1. The maximum absolute atomic E-state index is 6.13. The summed E-state index contributed by atoms with van der Waals surface area (Å²) in [6.07, 6.45) is 1.03. The molecule has 4 aromatic rings. The molecule has 23 heavy (non-hydrogen) atoms. The van der Waals surface area contributed by atoms with Crippen molar-refractivity contribution in [1.82, 2.24) is 0 Å². The molecule has 0 radical (unpaired) electrons.